The third-order valence-corrected chi connectivity index (χ3v) is 3.00. The van der Waals surface area contributed by atoms with Crippen molar-refractivity contribution < 1.29 is 9.53 Å². The van der Waals surface area contributed by atoms with Crippen LogP contribution in [0.1, 0.15) is 18.9 Å². The summed E-state index contributed by atoms with van der Waals surface area (Å²) in [4.78, 5) is 13.7. The number of nitrogens with one attached hydrogen (secondary N) is 1. The Hall–Kier alpha value is -1.26. The van der Waals surface area contributed by atoms with E-state index >= 15 is 0 Å². The molecule has 0 fully saturated rings. The average Bonchev–Trinajstić information content (AvgIpc) is 2.43. The van der Waals surface area contributed by atoms with Crippen LogP contribution in [0.25, 0.3) is 0 Å². The molecule has 0 heterocycles. The Bertz CT molecular complexity index is 399. The number of rotatable bonds is 8. The zero-order valence-corrected chi connectivity index (χ0v) is 13.3. The summed E-state index contributed by atoms with van der Waals surface area (Å²) >= 11 is 0. The largest absolute Gasteiger partial charge is 0.494 e. The van der Waals surface area contributed by atoms with Crippen molar-refractivity contribution in [3.8, 4) is 5.75 Å². The summed E-state index contributed by atoms with van der Waals surface area (Å²) in [6, 6.07) is 7.91. The molecule has 1 rings (SSSR count). The van der Waals surface area contributed by atoms with Crippen molar-refractivity contribution in [3.05, 3.63) is 29.8 Å². The maximum absolute atomic E-state index is 11.9. The predicted octanol–water partition coefficient (Wildman–Crippen LogP) is 2.12. The number of para-hydroxylation sites is 1. The number of hydrogen-bond acceptors (Lipinski definition) is 3. The van der Waals surface area contributed by atoms with Gasteiger partial charge in [0, 0.05) is 26.6 Å². The van der Waals surface area contributed by atoms with Gasteiger partial charge in [0.15, 0.2) is 0 Å². The molecule has 0 bridgehead atoms. The number of ether oxygens (including phenoxy) is 1. The van der Waals surface area contributed by atoms with Crippen LogP contribution in [-0.4, -0.2) is 44.6 Å². The molecule has 0 atom stereocenters. The van der Waals surface area contributed by atoms with E-state index in [2.05, 4.69) is 5.32 Å². The van der Waals surface area contributed by atoms with Crippen LogP contribution in [-0.2, 0) is 11.2 Å². The molecule has 0 aromatic heterocycles. The van der Waals surface area contributed by atoms with E-state index in [1.807, 2.05) is 45.3 Å². The lowest BCUT2D eigenvalue weighted by Crippen LogP contribution is -2.32. The van der Waals surface area contributed by atoms with Gasteiger partial charge in [-0.05, 0) is 32.0 Å². The van der Waals surface area contributed by atoms with Gasteiger partial charge in [-0.25, -0.2) is 0 Å². The standard InChI is InChI=1S/C15H24N2O2.ClH/c1-4-19-14-8-6-5-7-13(14)9-10-15(18)17(3)12-11-16-2;/h5-8,16H,4,9-12H2,1-3H3;1H. The van der Waals surface area contributed by atoms with Crippen LogP contribution >= 0.6 is 12.4 Å². The first kappa shape index (κ1) is 18.7. The summed E-state index contributed by atoms with van der Waals surface area (Å²) in [6.07, 6.45) is 1.24. The number of likely N-dealkylation sites (N-methyl/N-ethyl adjacent to an activating group) is 2. The highest BCUT2D eigenvalue weighted by atomic mass is 35.5. The number of nitrogens with zero attached hydrogens (tertiary/aromatic N) is 1. The van der Waals surface area contributed by atoms with Gasteiger partial charge in [-0.2, -0.15) is 0 Å². The van der Waals surface area contributed by atoms with Gasteiger partial charge in [0.1, 0.15) is 5.75 Å². The molecule has 114 valence electrons. The number of aryl methyl sites for hydroxylation is 1. The van der Waals surface area contributed by atoms with Crippen LogP contribution in [0.4, 0.5) is 0 Å². The quantitative estimate of drug-likeness (QED) is 0.799. The minimum absolute atomic E-state index is 0. The fourth-order valence-corrected chi connectivity index (χ4v) is 1.84. The van der Waals surface area contributed by atoms with E-state index in [-0.39, 0.29) is 18.3 Å². The van der Waals surface area contributed by atoms with E-state index < -0.39 is 0 Å². The van der Waals surface area contributed by atoms with E-state index in [0.717, 1.165) is 30.8 Å². The lowest BCUT2D eigenvalue weighted by Gasteiger charge is -2.17. The molecule has 0 aliphatic carbocycles. The molecule has 1 aromatic rings. The summed E-state index contributed by atoms with van der Waals surface area (Å²) in [6.45, 7) is 4.17. The minimum Gasteiger partial charge on any atom is -0.494 e. The second-order valence-electron chi connectivity index (χ2n) is 4.46. The summed E-state index contributed by atoms with van der Waals surface area (Å²) < 4.78 is 5.56. The van der Waals surface area contributed by atoms with Crippen molar-refractivity contribution in [2.75, 3.05) is 33.8 Å². The highest BCUT2D eigenvalue weighted by Crippen LogP contribution is 2.19. The van der Waals surface area contributed by atoms with Crippen LogP contribution in [0.2, 0.25) is 0 Å². The van der Waals surface area contributed by atoms with Crippen LogP contribution < -0.4 is 10.1 Å². The molecule has 1 amide bonds. The van der Waals surface area contributed by atoms with Crippen molar-refractivity contribution in [2.45, 2.75) is 19.8 Å². The Morgan fingerprint density at radius 2 is 2.05 bits per heavy atom. The normalized spacial score (nSPS) is 9.75. The highest BCUT2D eigenvalue weighted by molar-refractivity contribution is 5.85. The Kier molecular flexibility index (Phi) is 9.86. The molecular weight excluding hydrogens is 276 g/mol. The van der Waals surface area contributed by atoms with Crippen LogP contribution in [0.5, 0.6) is 5.75 Å². The zero-order chi connectivity index (χ0) is 14.1. The molecule has 4 nitrogen and oxygen atoms in total. The van der Waals surface area contributed by atoms with Crippen LogP contribution in [0, 0.1) is 0 Å². The average molecular weight is 301 g/mol. The number of halogens is 1. The monoisotopic (exact) mass is 300 g/mol. The molecule has 5 heteroatoms. The predicted molar refractivity (Wildman–Crippen MR) is 84.7 cm³/mol. The number of hydrogen-bond donors (Lipinski definition) is 1. The summed E-state index contributed by atoms with van der Waals surface area (Å²) in [5, 5.41) is 3.04. The minimum atomic E-state index is 0. The Balaban J connectivity index is 0.00000361. The van der Waals surface area contributed by atoms with Crippen LogP contribution in [0.15, 0.2) is 24.3 Å². The Morgan fingerprint density at radius 1 is 1.35 bits per heavy atom. The van der Waals surface area contributed by atoms with Gasteiger partial charge in [-0.3, -0.25) is 4.79 Å². The Labute approximate surface area is 127 Å². The Morgan fingerprint density at radius 3 is 2.70 bits per heavy atom. The summed E-state index contributed by atoms with van der Waals surface area (Å²) in [5.74, 6) is 1.05. The van der Waals surface area contributed by atoms with Gasteiger partial charge in [-0.15, -0.1) is 12.4 Å². The maximum Gasteiger partial charge on any atom is 0.222 e. The van der Waals surface area contributed by atoms with Gasteiger partial charge in [-0.1, -0.05) is 18.2 Å². The molecule has 1 N–H and O–H groups in total. The first-order valence-electron chi connectivity index (χ1n) is 6.78. The van der Waals surface area contributed by atoms with Gasteiger partial charge in [0.25, 0.3) is 0 Å². The van der Waals surface area contributed by atoms with Crippen molar-refractivity contribution in [3.63, 3.8) is 0 Å². The summed E-state index contributed by atoms with van der Waals surface area (Å²) in [7, 11) is 3.73. The second-order valence-corrected chi connectivity index (χ2v) is 4.46. The van der Waals surface area contributed by atoms with E-state index in [4.69, 9.17) is 4.74 Å². The first-order chi connectivity index (χ1) is 9.19. The molecule has 0 saturated heterocycles. The molecule has 20 heavy (non-hydrogen) atoms. The van der Waals surface area contributed by atoms with Crippen molar-refractivity contribution in [1.29, 1.82) is 0 Å². The first-order valence-corrected chi connectivity index (χ1v) is 6.78. The molecule has 0 unspecified atom stereocenters. The fourth-order valence-electron chi connectivity index (χ4n) is 1.84. The van der Waals surface area contributed by atoms with Gasteiger partial charge < -0.3 is 15.0 Å². The SMILES string of the molecule is CCOc1ccccc1CCC(=O)N(C)CCNC.Cl. The van der Waals surface area contributed by atoms with E-state index in [9.17, 15) is 4.79 Å². The molecule has 0 spiro atoms. The third-order valence-electron chi connectivity index (χ3n) is 3.00. The number of amides is 1. The van der Waals surface area contributed by atoms with Gasteiger partial charge >= 0.3 is 0 Å². The second kappa shape index (κ2) is 10.5. The van der Waals surface area contributed by atoms with E-state index in [1.54, 1.807) is 4.90 Å². The fraction of sp³-hybridized carbons (Fsp3) is 0.533. The molecule has 0 aliphatic heterocycles. The van der Waals surface area contributed by atoms with E-state index in [0.29, 0.717) is 13.0 Å². The molecular formula is C15H25ClN2O2. The molecule has 0 radical (unpaired) electrons. The molecule has 0 aliphatic rings. The number of carbonyl (C=O) groups is 1. The van der Waals surface area contributed by atoms with Crippen molar-refractivity contribution >= 4 is 18.3 Å². The summed E-state index contributed by atoms with van der Waals surface area (Å²) in [5.41, 5.74) is 1.10. The zero-order valence-electron chi connectivity index (χ0n) is 12.5. The topological polar surface area (TPSA) is 41.6 Å². The lowest BCUT2D eigenvalue weighted by molar-refractivity contribution is -0.129. The van der Waals surface area contributed by atoms with Crippen molar-refractivity contribution in [2.24, 2.45) is 0 Å². The van der Waals surface area contributed by atoms with Crippen LogP contribution in [0.3, 0.4) is 0 Å². The number of benzene rings is 1. The molecule has 0 saturated carbocycles. The van der Waals surface area contributed by atoms with Gasteiger partial charge in [0.05, 0.1) is 6.61 Å². The van der Waals surface area contributed by atoms with Gasteiger partial charge in [0.2, 0.25) is 5.91 Å². The molecule has 1 aromatic carbocycles. The van der Waals surface area contributed by atoms with Crippen molar-refractivity contribution in [1.82, 2.24) is 10.2 Å². The maximum atomic E-state index is 11.9. The smallest absolute Gasteiger partial charge is 0.222 e. The van der Waals surface area contributed by atoms with E-state index in [1.165, 1.54) is 0 Å². The lowest BCUT2D eigenvalue weighted by atomic mass is 10.1. The number of carbonyl (C=O) groups excluding carboxylic acids is 1. The third kappa shape index (κ3) is 6.26. The highest BCUT2D eigenvalue weighted by Gasteiger charge is 2.10.